The quantitative estimate of drug-likeness (QED) is 0.797. The molecular formula is C15H23FN2O3. The summed E-state index contributed by atoms with van der Waals surface area (Å²) in [5.41, 5.74) is 5.02. The molecule has 0 aliphatic heterocycles. The summed E-state index contributed by atoms with van der Waals surface area (Å²) in [5.74, 6) is -0.435. The number of carbonyl (C=O) groups excluding carboxylic acids is 1. The predicted molar refractivity (Wildman–Crippen MR) is 79.6 cm³/mol. The minimum Gasteiger partial charge on any atom is -0.444 e. The molecule has 0 aliphatic carbocycles. The first-order valence-corrected chi connectivity index (χ1v) is 6.70. The average Bonchev–Trinajstić information content (AvgIpc) is 2.30. The molecule has 1 aromatic rings. The van der Waals surface area contributed by atoms with Crippen molar-refractivity contribution in [2.24, 2.45) is 5.73 Å². The zero-order valence-electron chi connectivity index (χ0n) is 12.9. The summed E-state index contributed by atoms with van der Waals surface area (Å²) in [6, 6.07) is 4.17. The molecule has 0 saturated heterocycles. The summed E-state index contributed by atoms with van der Waals surface area (Å²) in [4.78, 5) is 11.7. The summed E-state index contributed by atoms with van der Waals surface area (Å²) < 4.78 is 18.9. The second-order valence-electron chi connectivity index (χ2n) is 6.42. The highest BCUT2D eigenvalue weighted by atomic mass is 19.1. The lowest BCUT2D eigenvalue weighted by Crippen LogP contribution is -2.42. The van der Waals surface area contributed by atoms with E-state index in [9.17, 15) is 9.18 Å². The van der Waals surface area contributed by atoms with Crippen LogP contribution in [-0.4, -0.2) is 28.9 Å². The van der Waals surface area contributed by atoms with E-state index in [-0.39, 0.29) is 13.0 Å². The number of aliphatic hydroxyl groups is 1. The Morgan fingerprint density at radius 2 is 2.00 bits per heavy atom. The second-order valence-corrected chi connectivity index (χ2v) is 6.42. The second kappa shape index (κ2) is 6.41. The minimum absolute atomic E-state index is 0.152. The van der Waals surface area contributed by atoms with Crippen LogP contribution >= 0.6 is 0 Å². The number of amides is 1. The van der Waals surface area contributed by atoms with Crippen molar-refractivity contribution in [3.63, 3.8) is 0 Å². The Kier molecular flexibility index (Phi) is 5.31. The van der Waals surface area contributed by atoms with Crippen LogP contribution in [0, 0.1) is 5.82 Å². The molecule has 0 spiro atoms. The molecule has 0 saturated carbocycles. The van der Waals surface area contributed by atoms with Gasteiger partial charge in [0.2, 0.25) is 0 Å². The van der Waals surface area contributed by atoms with E-state index < -0.39 is 23.1 Å². The smallest absolute Gasteiger partial charge is 0.412 e. The largest absolute Gasteiger partial charge is 0.444 e. The molecule has 0 heterocycles. The van der Waals surface area contributed by atoms with Gasteiger partial charge in [0.1, 0.15) is 11.4 Å². The van der Waals surface area contributed by atoms with Crippen LogP contribution in [0.25, 0.3) is 0 Å². The fourth-order valence-corrected chi connectivity index (χ4v) is 1.70. The van der Waals surface area contributed by atoms with Crippen molar-refractivity contribution in [1.82, 2.24) is 0 Å². The van der Waals surface area contributed by atoms with Crippen molar-refractivity contribution in [1.29, 1.82) is 0 Å². The number of halogens is 1. The van der Waals surface area contributed by atoms with E-state index in [1.165, 1.54) is 18.2 Å². The van der Waals surface area contributed by atoms with Crippen molar-refractivity contribution in [3.8, 4) is 0 Å². The molecule has 1 unspecified atom stereocenters. The van der Waals surface area contributed by atoms with E-state index in [1.807, 2.05) is 0 Å². The average molecular weight is 298 g/mol. The number of carbonyl (C=O) groups is 1. The Morgan fingerprint density at radius 3 is 2.52 bits per heavy atom. The van der Waals surface area contributed by atoms with Gasteiger partial charge in [-0.2, -0.15) is 0 Å². The van der Waals surface area contributed by atoms with Gasteiger partial charge in [-0.15, -0.1) is 0 Å². The van der Waals surface area contributed by atoms with Crippen molar-refractivity contribution < 1.29 is 19.0 Å². The van der Waals surface area contributed by atoms with E-state index in [0.717, 1.165) is 0 Å². The molecule has 118 valence electrons. The number of rotatable bonds is 4. The van der Waals surface area contributed by atoms with E-state index in [2.05, 4.69) is 5.32 Å². The predicted octanol–water partition coefficient (Wildman–Crippen LogP) is 2.42. The van der Waals surface area contributed by atoms with Gasteiger partial charge in [-0.1, -0.05) is 0 Å². The van der Waals surface area contributed by atoms with Gasteiger partial charge in [-0.25, -0.2) is 9.18 Å². The van der Waals surface area contributed by atoms with Crippen LogP contribution in [0.5, 0.6) is 0 Å². The normalized spacial score (nSPS) is 14.4. The van der Waals surface area contributed by atoms with Gasteiger partial charge < -0.3 is 15.6 Å². The van der Waals surface area contributed by atoms with Crippen LogP contribution in [0.2, 0.25) is 0 Å². The lowest BCUT2D eigenvalue weighted by molar-refractivity contribution is 0.0636. The summed E-state index contributed by atoms with van der Waals surface area (Å²) in [7, 11) is 0. The third-order valence-corrected chi connectivity index (χ3v) is 2.65. The van der Waals surface area contributed by atoms with Gasteiger partial charge in [-0.3, -0.25) is 5.32 Å². The third-order valence-electron chi connectivity index (χ3n) is 2.65. The van der Waals surface area contributed by atoms with Gasteiger partial charge in [0.25, 0.3) is 0 Å². The minimum atomic E-state index is -0.925. The van der Waals surface area contributed by atoms with Gasteiger partial charge in [0.05, 0.1) is 6.61 Å². The summed E-state index contributed by atoms with van der Waals surface area (Å²) in [6.07, 6.45) is -0.461. The molecule has 1 aromatic carbocycles. The van der Waals surface area contributed by atoms with Crippen LogP contribution in [-0.2, 0) is 11.2 Å². The maximum Gasteiger partial charge on any atom is 0.412 e. The van der Waals surface area contributed by atoms with E-state index in [4.69, 9.17) is 15.6 Å². The Hall–Kier alpha value is -1.66. The number of ether oxygens (including phenoxy) is 1. The third kappa shape index (κ3) is 6.10. The number of nitrogens with one attached hydrogen (secondary N) is 1. The Labute approximate surface area is 124 Å². The molecule has 0 aliphatic rings. The van der Waals surface area contributed by atoms with Crippen LogP contribution in [0.3, 0.4) is 0 Å². The Balaban J connectivity index is 2.85. The highest BCUT2D eigenvalue weighted by Gasteiger charge is 2.21. The van der Waals surface area contributed by atoms with Crippen molar-refractivity contribution in [2.75, 3.05) is 11.9 Å². The lowest BCUT2D eigenvalue weighted by Gasteiger charge is -2.22. The first-order valence-electron chi connectivity index (χ1n) is 6.70. The SMILES string of the molecule is CC(N)(CO)Cc1cc(NC(=O)OC(C)(C)C)ccc1F. The zero-order valence-corrected chi connectivity index (χ0v) is 12.9. The monoisotopic (exact) mass is 298 g/mol. The summed E-state index contributed by atoms with van der Waals surface area (Å²) in [6.45, 7) is 6.62. The number of benzene rings is 1. The van der Waals surface area contributed by atoms with E-state index >= 15 is 0 Å². The van der Waals surface area contributed by atoms with Gasteiger partial charge in [0, 0.05) is 11.2 Å². The molecule has 5 nitrogen and oxygen atoms in total. The van der Waals surface area contributed by atoms with E-state index in [0.29, 0.717) is 11.3 Å². The maximum absolute atomic E-state index is 13.8. The molecule has 6 heteroatoms. The zero-order chi connectivity index (χ0) is 16.3. The topological polar surface area (TPSA) is 84.6 Å². The molecule has 4 N–H and O–H groups in total. The maximum atomic E-state index is 13.8. The van der Waals surface area contributed by atoms with Gasteiger partial charge in [0.15, 0.2) is 0 Å². The number of aliphatic hydroxyl groups excluding tert-OH is 1. The summed E-state index contributed by atoms with van der Waals surface area (Å²) >= 11 is 0. The fraction of sp³-hybridized carbons (Fsp3) is 0.533. The molecule has 0 fully saturated rings. The standard InChI is InChI=1S/C15H23FN2O3/c1-14(2,3)21-13(20)18-11-5-6-12(16)10(7-11)8-15(4,17)9-19/h5-7,19H,8-9,17H2,1-4H3,(H,18,20). The van der Waals surface area contributed by atoms with Crippen molar-refractivity contribution in [3.05, 3.63) is 29.6 Å². The van der Waals surface area contributed by atoms with Crippen LogP contribution in [0.4, 0.5) is 14.9 Å². The molecule has 21 heavy (non-hydrogen) atoms. The van der Waals surface area contributed by atoms with Crippen LogP contribution in [0.15, 0.2) is 18.2 Å². The molecule has 1 rings (SSSR count). The van der Waals surface area contributed by atoms with Gasteiger partial charge in [-0.05, 0) is 57.9 Å². The molecule has 1 amide bonds. The molecule has 0 radical (unpaired) electrons. The molecule has 0 bridgehead atoms. The first kappa shape index (κ1) is 17.4. The first-order chi connectivity index (χ1) is 9.52. The number of nitrogens with two attached hydrogens (primary N) is 1. The van der Waals surface area contributed by atoms with Crippen LogP contribution < -0.4 is 11.1 Å². The van der Waals surface area contributed by atoms with E-state index in [1.54, 1.807) is 27.7 Å². The molecule has 1 atom stereocenters. The number of hydrogen-bond acceptors (Lipinski definition) is 4. The fourth-order valence-electron chi connectivity index (χ4n) is 1.70. The van der Waals surface area contributed by atoms with Crippen molar-refractivity contribution in [2.45, 2.75) is 45.3 Å². The highest BCUT2D eigenvalue weighted by Crippen LogP contribution is 2.20. The number of hydrogen-bond donors (Lipinski definition) is 3. The van der Waals surface area contributed by atoms with Gasteiger partial charge >= 0.3 is 6.09 Å². The summed E-state index contributed by atoms with van der Waals surface area (Å²) in [5, 5.41) is 11.7. The molecular weight excluding hydrogens is 275 g/mol. The van der Waals surface area contributed by atoms with Crippen LogP contribution in [0.1, 0.15) is 33.3 Å². The lowest BCUT2D eigenvalue weighted by atomic mass is 9.94. The Bertz CT molecular complexity index is 510. The highest BCUT2D eigenvalue weighted by molar-refractivity contribution is 5.84. The number of anilines is 1. The molecule has 0 aromatic heterocycles. The Morgan fingerprint density at radius 1 is 1.38 bits per heavy atom. The van der Waals surface area contributed by atoms with Crippen molar-refractivity contribution >= 4 is 11.8 Å².